The Morgan fingerprint density at radius 1 is 1.33 bits per heavy atom. The second kappa shape index (κ2) is 6.30. The smallest absolute Gasteiger partial charge is 0.254 e. The zero-order valence-corrected chi connectivity index (χ0v) is 12.4. The molecule has 0 saturated heterocycles. The number of hydrogen-bond donors (Lipinski definition) is 2. The first-order valence-corrected chi connectivity index (χ1v) is 6.75. The second-order valence-electron chi connectivity index (χ2n) is 4.93. The van der Waals surface area contributed by atoms with Crippen molar-refractivity contribution in [1.29, 1.82) is 0 Å². The molecule has 0 saturated carbocycles. The van der Waals surface area contributed by atoms with Gasteiger partial charge in [-0.05, 0) is 38.8 Å². The van der Waals surface area contributed by atoms with Crippen LogP contribution in [-0.4, -0.2) is 20.9 Å². The molecular formula is C15H18N4O2. The quantitative estimate of drug-likeness (QED) is 0.894. The molecule has 0 radical (unpaired) electrons. The van der Waals surface area contributed by atoms with Crippen molar-refractivity contribution in [2.75, 3.05) is 5.32 Å². The van der Waals surface area contributed by atoms with Crippen molar-refractivity contribution in [3.63, 3.8) is 0 Å². The van der Waals surface area contributed by atoms with Gasteiger partial charge in [0.2, 0.25) is 5.91 Å². The third kappa shape index (κ3) is 3.75. The van der Waals surface area contributed by atoms with E-state index >= 15 is 0 Å². The largest absolute Gasteiger partial charge is 0.311 e. The maximum atomic E-state index is 11.9. The molecule has 0 bridgehead atoms. The number of amides is 1. The molecule has 2 rings (SSSR count). The normalized spacial score (nSPS) is 10.4. The summed E-state index contributed by atoms with van der Waals surface area (Å²) >= 11 is 0. The Morgan fingerprint density at radius 3 is 2.76 bits per heavy atom. The van der Waals surface area contributed by atoms with Gasteiger partial charge in [-0.2, -0.15) is 0 Å². The summed E-state index contributed by atoms with van der Waals surface area (Å²) in [6.07, 6.45) is 2.19. The molecule has 2 heterocycles. The third-order valence-electron chi connectivity index (χ3n) is 3.21. The van der Waals surface area contributed by atoms with Gasteiger partial charge in [-0.1, -0.05) is 6.07 Å². The Hall–Kier alpha value is -2.50. The first-order chi connectivity index (χ1) is 9.97. The number of carbonyl (C=O) groups is 1. The summed E-state index contributed by atoms with van der Waals surface area (Å²) in [7, 11) is 0. The predicted molar refractivity (Wildman–Crippen MR) is 80.3 cm³/mol. The molecule has 0 aliphatic rings. The molecule has 0 aliphatic heterocycles. The van der Waals surface area contributed by atoms with Crippen LogP contribution < -0.4 is 10.9 Å². The third-order valence-corrected chi connectivity index (χ3v) is 3.21. The number of anilines is 1. The van der Waals surface area contributed by atoms with Crippen LogP contribution >= 0.6 is 0 Å². The zero-order valence-electron chi connectivity index (χ0n) is 12.4. The summed E-state index contributed by atoms with van der Waals surface area (Å²) in [4.78, 5) is 34.8. The van der Waals surface area contributed by atoms with Gasteiger partial charge in [0.25, 0.3) is 5.56 Å². The average molecular weight is 286 g/mol. The van der Waals surface area contributed by atoms with Crippen LogP contribution in [0.1, 0.15) is 29.1 Å². The molecule has 2 N–H and O–H groups in total. The van der Waals surface area contributed by atoms with Gasteiger partial charge in [0, 0.05) is 23.9 Å². The minimum absolute atomic E-state index is 0.170. The standard InChI is InChI=1S/C15H18N4O2/c1-9-5-4-8-16-14(9)19-13(20)7-6-12-10(2)17-11(3)18-15(12)21/h4-5,8H,6-7H2,1-3H3,(H,16,19,20)(H,17,18,21). The van der Waals surface area contributed by atoms with E-state index in [1.807, 2.05) is 19.1 Å². The van der Waals surface area contributed by atoms with Crippen LogP contribution in [0.25, 0.3) is 0 Å². The zero-order chi connectivity index (χ0) is 15.4. The average Bonchev–Trinajstić information content (AvgIpc) is 2.40. The van der Waals surface area contributed by atoms with Crippen LogP contribution in [0, 0.1) is 20.8 Å². The van der Waals surface area contributed by atoms with Gasteiger partial charge in [0.15, 0.2) is 0 Å². The molecule has 21 heavy (non-hydrogen) atoms. The molecule has 0 unspecified atom stereocenters. The lowest BCUT2D eigenvalue weighted by Crippen LogP contribution is -2.20. The van der Waals surface area contributed by atoms with E-state index in [9.17, 15) is 9.59 Å². The molecule has 6 nitrogen and oxygen atoms in total. The Labute approximate surface area is 122 Å². The van der Waals surface area contributed by atoms with Crippen molar-refractivity contribution in [2.45, 2.75) is 33.6 Å². The maximum Gasteiger partial charge on any atom is 0.254 e. The highest BCUT2D eigenvalue weighted by molar-refractivity contribution is 5.90. The molecule has 0 aliphatic carbocycles. The van der Waals surface area contributed by atoms with Gasteiger partial charge in [-0.25, -0.2) is 9.97 Å². The number of aromatic amines is 1. The molecule has 0 aromatic carbocycles. The van der Waals surface area contributed by atoms with Crippen LogP contribution in [0.15, 0.2) is 23.1 Å². The van der Waals surface area contributed by atoms with Gasteiger partial charge in [-0.3, -0.25) is 9.59 Å². The summed E-state index contributed by atoms with van der Waals surface area (Å²) in [5, 5.41) is 2.75. The lowest BCUT2D eigenvalue weighted by molar-refractivity contribution is -0.116. The maximum absolute atomic E-state index is 11.9. The Balaban J connectivity index is 2.02. The number of pyridine rings is 1. The van der Waals surface area contributed by atoms with Gasteiger partial charge in [0.1, 0.15) is 11.6 Å². The van der Waals surface area contributed by atoms with Crippen molar-refractivity contribution in [3.05, 3.63) is 51.3 Å². The van der Waals surface area contributed by atoms with E-state index in [0.717, 1.165) is 5.56 Å². The fourth-order valence-corrected chi connectivity index (χ4v) is 2.10. The summed E-state index contributed by atoms with van der Waals surface area (Å²) in [5.74, 6) is 0.959. The van der Waals surface area contributed by atoms with Gasteiger partial charge >= 0.3 is 0 Å². The molecule has 0 atom stereocenters. The van der Waals surface area contributed by atoms with E-state index < -0.39 is 0 Å². The Morgan fingerprint density at radius 2 is 2.10 bits per heavy atom. The number of nitrogens with zero attached hydrogens (tertiary/aromatic N) is 2. The topological polar surface area (TPSA) is 87.7 Å². The number of carbonyl (C=O) groups excluding carboxylic acids is 1. The van der Waals surface area contributed by atoms with Crippen molar-refractivity contribution >= 4 is 11.7 Å². The lowest BCUT2D eigenvalue weighted by Gasteiger charge is -2.08. The van der Waals surface area contributed by atoms with Crippen molar-refractivity contribution < 1.29 is 4.79 Å². The Kier molecular flexibility index (Phi) is 4.47. The molecule has 0 fully saturated rings. The molecule has 2 aromatic rings. The van der Waals surface area contributed by atoms with Crippen molar-refractivity contribution in [3.8, 4) is 0 Å². The van der Waals surface area contributed by atoms with E-state index in [-0.39, 0.29) is 17.9 Å². The van der Waals surface area contributed by atoms with E-state index in [1.54, 1.807) is 20.0 Å². The van der Waals surface area contributed by atoms with E-state index in [2.05, 4.69) is 20.3 Å². The summed E-state index contributed by atoms with van der Waals surface area (Å²) in [6, 6.07) is 3.69. The number of hydrogen-bond acceptors (Lipinski definition) is 4. The van der Waals surface area contributed by atoms with E-state index in [4.69, 9.17) is 0 Å². The first-order valence-electron chi connectivity index (χ1n) is 6.75. The van der Waals surface area contributed by atoms with E-state index in [0.29, 0.717) is 29.3 Å². The summed E-state index contributed by atoms with van der Waals surface area (Å²) in [5.41, 5.74) is 1.94. The number of H-pyrrole nitrogens is 1. The SMILES string of the molecule is Cc1nc(C)c(CCC(=O)Nc2ncccc2C)c(=O)[nH]1. The van der Waals surface area contributed by atoms with Crippen LogP contribution in [0.2, 0.25) is 0 Å². The second-order valence-corrected chi connectivity index (χ2v) is 4.93. The van der Waals surface area contributed by atoms with Gasteiger partial charge in [-0.15, -0.1) is 0 Å². The molecular weight excluding hydrogens is 268 g/mol. The fourth-order valence-electron chi connectivity index (χ4n) is 2.10. The van der Waals surface area contributed by atoms with Crippen LogP contribution in [0.5, 0.6) is 0 Å². The van der Waals surface area contributed by atoms with Crippen molar-refractivity contribution in [1.82, 2.24) is 15.0 Å². The molecule has 110 valence electrons. The number of rotatable bonds is 4. The van der Waals surface area contributed by atoms with Crippen LogP contribution in [0.4, 0.5) is 5.82 Å². The van der Waals surface area contributed by atoms with Gasteiger partial charge < -0.3 is 10.3 Å². The highest BCUT2D eigenvalue weighted by Gasteiger charge is 2.10. The highest BCUT2D eigenvalue weighted by Crippen LogP contribution is 2.10. The minimum atomic E-state index is -0.179. The lowest BCUT2D eigenvalue weighted by atomic mass is 10.1. The molecule has 0 spiro atoms. The number of aromatic nitrogens is 3. The Bertz CT molecular complexity index is 722. The van der Waals surface area contributed by atoms with Crippen molar-refractivity contribution in [2.24, 2.45) is 0 Å². The monoisotopic (exact) mass is 286 g/mol. The van der Waals surface area contributed by atoms with Crippen LogP contribution in [-0.2, 0) is 11.2 Å². The highest BCUT2D eigenvalue weighted by atomic mass is 16.1. The molecule has 2 aromatic heterocycles. The molecule has 6 heteroatoms. The van der Waals surface area contributed by atoms with Gasteiger partial charge in [0.05, 0.1) is 0 Å². The number of aryl methyl sites for hydroxylation is 3. The first kappa shape index (κ1) is 14.9. The van der Waals surface area contributed by atoms with E-state index in [1.165, 1.54) is 0 Å². The summed E-state index contributed by atoms with van der Waals surface area (Å²) in [6.45, 7) is 5.38. The fraction of sp³-hybridized carbons (Fsp3) is 0.333. The number of nitrogens with one attached hydrogen (secondary N) is 2. The summed E-state index contributed by atoms with van der Waals surface area (Å²) < 4.78 is 0. The molecule has 1 amide bonds. The van der Waals surface area contributed by atoms with Crippen LogP contribution in [0.3, 0.4) is 0 Å². The minimum Gasteiger partial charge on any atom is -0.311 e. The predicted octanol–water partition coefficient (Wildman–Crippen LogP) is 1.66.